The SMILES string of the molecule is CCOc1ccccc1C(C)CCC(C)CC(CC)c1nn2cncc2c(=O)[nH]1. The maximum Gasteiger partial charge on any atom is 0.276 e. The molecule has 0 bridgehead atoms. The number of benzene rings is 1. The lowest BCUT2D eigenvalue weighted by Crippen LogP contribution is -2.19. The number of nitrogens with one attached hydrogen (secondary N) is 1. The molecule has 0 aliphatic heterocycles. The minimum atomic E-state index is -0.125. The van der Waals surface area contributed by atoms with Crippen LogP contribution in [0.2, 0.25) is 0 Å². The van der Waals surface area contributed by atoms with Crippen LogP contribution >= 0.6 is 0 Å². The van der Waals surface area contributed by atoms with Gasteiger partial charge in [0.25, 0.3) is 5.56 Å². The minimum absolute atomic E-state index is 0.125. The number of aromatic amines is 1. The molecule has 2 heterocycles. The largest absolute Gasteiger partial charge is 0.494 e. The summed E-state index contributed by atoms with van der Waals surface area (Å²) in [5.74, 6) is 2.96. The molecule has 6 heteroatoms. The molecule has 0 spiro atoms. The number of fused-ring (bicyclic) bond motifs is 1. The van der Waals surface area contributed by atoms with E-state index in [-0.39, 0.29) is 11.5 Å². The summed E-state index contributed by atoms with van der Waals surface area (Å²) in [6.45, 7) is 9.42. The molecule has 3 aromatic rings. The smallest absolute Gasteiger partial charge is 0.276 e. The monoisotopic (exact) mass is 396 g/mol. The van der Waals surface area contributed by atoms with Crippen molar-refractivity contribution in [3.05, 3.63) is 58.5 Å². The first-order valence-electron chi connectivity index (χ1n) is 10.7. The Balaban J connectivity index is 1.63. The predicted molar refractivity (Wildman–Crippen MR) is 116 cm³/mol. The first kappa shape index (κ1) is 21.1. The van der Waals surface area contributed by atoms with Crippen molar-refractivity contribution in [2.45, 2.75) is 65.2 Å². The van der Waals surface area contributed by atoms with E-state index in [9.17, 15) is 4.79 Å². The maximum absolute atomic E-state index is 12.3. The van der Waals surface area contributed by atoms with Crippen molar-refractivity contribution in [1.82, 2.24) is 19.6 Å². The van der Waals surface area contributed by atoms with Crippen LogP contribution in [-0.2, 0) is 0 Å². The van der Waals surface area contributed by atoms with Gasteiger partial charge in [-0.2, -0.15) is 5.10 Å². The number of hydrogen-bond acceptors (Lipinski definition) is 4. The van der Waals surface area contributed by atoms with E-state index in [0.29, 0.717) is 24.0 Å². The molecule has 1 N–H and O–H groups in total. The van der Waals surface area contributed by atoms with Crippen LogP contribution in [0, 0.1) is 5.92 Å². The highest BCUT2D eigenvalue weighted by Crippen LogP contribution is 2.33. The summed E-state index contributed by atoms with van der Waals surface area (Å²) < 4.78 is 7.37. The highest BCUT2D eigenvalue weighted by atomic mass is 16.5. The molecule has 29 heavy (non-hydrogen) atoms. The molecule has 6 nitrogen and oxygen atoms in total. The summed E-state index contributed by atoms with van der Waals surface area (Å²) in [4.78, 5) is 19.2. The summed E-state index contributed by atoms with van der Waals surface area (Å²) in [6, 6.07) is 8.34. The Labute approximate surface area is 172 Å². The van der Waals surface area contributed by atoms with Gasteiger partial charge in [-0.3, -0.25) is 4.79 Å². The van der Waals surface area contributed by atoms with E-state index in [1.165, 1.54) is 5.56 Å². The van der Waals surface area contributed by atoms with Crippen LogP contribution in [0.25, 0.3) is 5.52 Å². The summed E-state index contributed by atoms with van der Waals surface area (Å²) in [6.07, 6.45) is 7.29. The van der Waals surface area contributed by atoms with Gasteiger partial charge in [0.05, 0.1) is 12.8 Å². The highest BCUT2D eigenvalue weighted by molar-refractivity contribution is 5.40. The molecule has 2 aromatic heterocycles. The average molecular weight is 397 g/mol. The molecule has 0 amide bonds. The minimum Gasteiger partial charge on any atom is -0.494 e. The van der Waals surface area contributed by atoms with Crippen LogP contribution in [0.5, 0.6) is 5.75 Å². The molecule has 0 aliphatic rings. The fourth-order valence-corrected chi connectivity index (χ4v) is 3.98. The van der Waals surface area contributed by atoms with Gasteiger partial charge in [-0.25, -0.2) is 9.50 Å². The summed E-state index contributed by atoms with van der Waals surface area (Å²) in [7, 11) is 0. The Hall–Kier alpha value is -2.63. The van der Waals surface area contributed by atoms with E-state index >= 15 is 0 Å². The number of rotatable bonds is 10. The molecular weight excluding hydrogens is 364 g/mol. The highest BCUT2D eigenvalue weighted by Gasteiger charge is 2.19. The Morgan fingerprint density at radius 2 is 1.97 bits per heavy atom. The second-order valence-electron chi connectivity index (χ2n) is 7.96. The van der Waals surface area contributed by atoms with Gasteiger partial charge in [0, 0.05) is 5.92 Å². The standard InChI is InChI=1S/C23H32N4O2/c1-5-18(22-25-23(28)20-14-24-15-27(20)26-22)13-16(3)11-12-17(4)19-9-7-8-10-21(19)29-6-2/h7-10,14-18H,5-6,11-13H2,1-4H3,(H,25,26,28). The Bertz CT molecular complexity index is 978. The fraction of sp³-hybridized carbons (Fsp3) is 0.522. The van der Waals surface area contributed by atoms with Gasteiger partial charge in [-0.15, -0.1) is 0 Å². The van der Waals surface area contributed by atoms with E-state index in [0.717, 1.165) is 37.3 Å². The van der Waals surface area contributed by atoms with Crippen molar-refractivity contribution in [1.29, 1.82) is 0 Å². The lowest BCUT2D eigenvalue weighted by atomic mass is 9.86. The zero-order chi connectivity index (χ0) is 20.8. The van der Waals surface area contributed by atoms with E-state index in [1.54, 1.807) is 17.0 Å². The van der Waals surface area contributed by atoms with Gasteiger partial charge in [-0.1, -0.05) is 45.4 Å². The fourth-order valence-electron chi connectivity index (χ4n) is 3.98. The molecule has 0 aliphatic carbocycles. The lowest BCUT2D eigenvalue weighted by molar-refractivity contribution is 0.332. The molecule has 0 saturated heterocycles. The van der Waals surface area contributed by atoms with Crippen molar-refractivity contribution in [2.75, 3.05) is 6.61 Å². The molecule has 0 fully saturated rings. The normalized spacial score (nSPS) is 14.6. The quantitative estimate of drug-likeness (QED) is 0.528. The summed E-state index contributed by atoms with van der Waals surface area (Å²) in [5.41, 5.74) is 1.64. The zero-order valence-electron chi connectivity index (χ0n) is 17.9. The van der Waals surface area contributed by atoms with Gasteiger partial charge < -0.3 is 9.72 Å². The van der Waals surface area contributed by atoms with Crippen molar-refractivity contribution < 1.29 is 4.74 Å². The summed E-state index contributed by atoms with van der Waals surface area (Å²) in [5, 5.41) is 4.58. The molecule has 3 rings (SSSR count). The van der Waals surface area contributed by atoms with E-state index in [1.807, 2.05) is 13.0 Å². The number of aromatic nitrogens is 4. The molecule has 156 valence electrons. The second kappa shape index (κ2) is 9.72. The molecular formula is C23H32N4O2. The van der Waals surface area contributed by atoms with Crippen LogP contribution in [0.1, 0.15) is 76.6 Å². The number of ether oxygens (including phenoxy) is 1. The van der Waals surface area contributed by atoms with Crippen molar-refractivity contribution in [3.63, 3.8) is 0 Å². The number of nitrogens with zero attached hydrogens (tertiary/aromatic N) is 3. The zero-order valence-corrected chi connectivity index (χ0v) is 17.9. The van der Waals surface area contributed by atoms with Crippen LogP contribution in [0.15, 0.2) is 41.6 Å². The number of para-hydroxylation sites is 1. The van der Waals surface area contributed by atoms with E-state index in [2.05, 4.69) is 54.0 Å². The van der Waals surface area contributed by atoms with Gasteiger partial charge in [-0.05, 0) is 49.7 Å². The molecule has 0 saturated carbocycles. The molecule has 1 aromatic carbocycles. The van der Waals surface area contributed by atoms with Crippen LogP contribution in [0.3, 0.4) is 0 Å². The molecule has 3 unspecified atom stereocenters. The van der Waals surface area contributed by atoms with Gasteiger partial charge in [0.2, 0.25) is 0 Å². The number of imidazole rings is 1. The van der Waals surface area contributed by atoms with Crippen molar-refractivity contribution in [3.8, 4) is 5.75 Å². The first-order chi connectivity index (χ1) is 14.0. The number of hydrogen-bond donors (Lipinski definition) is 1. The second-order valence-corrected chi connectivity index (χ2v) is 7.96. The van der Waals surface area contributed by atoms with Crippen LogP contribution < -0.4 is 10.3 Å². The van der Waals surface area contributed by atoms with Gasteiger partial charge in [0.1, 0.15) is 23.4 Å². The van der Waals surface area contributed by atoms with E-state index in [4.69, 9.17) is 4.74 Å². The third-order valence-electron chi connectivity index (χ3n) is 5.72. The topological polar surface area (TPSA) is 72.3 Å². The molecule has 0 radical (unpaired) electrons. The van der Waals surface area contributed by atoms with Gasteiger partial charge in [0.15, 0.2) is 0 Å². The van der Waals surface area contributed by atoms with E-state index < -0.39 is 0 Å². The Morgan fingerprint density at radius 3 is 2.72 bits per heavy atom. The lowest BCUT2D eigenvalue weighted by Gasteiger charge is -2.21. The maximum atomic E-state index is 12.3. The van der Waals surface area contributed by atoms with Gasteiger partial charge >= 0.3 is 0 Å². The Morgan fingerprint density at radius 1 is 1.17 bits per heavy atom. The third kappa shape index (κ3) is 5.05. The van der Waals surface area contributed by atoms with Crippen LogP contribution in [-0.4, -0.2) is 26.2 Å². The molecule has 3 atom stereocenters. The first-order valence-corrected chi connectivity index (χ1v) is 10.7. The van der Waals surface area contributed by atoms with Crippen molar-refractivity contribution in [2.24, 2.45) is 5.92 Å². The Kier molecular flexibility index (Phi) is 7.07. The van der Waals surface area contributed by atoms with Crippen molar-refractivity contribution >= 4 is 5.52 Å². The average Bonchev–Trinajstić information content (AvgIpc) is 3.20. The number of H-pyrrole nitrogens is 1. The van der Waals surface area contributed by atoms with Crippen LogP contribution in [0.4, 0.5) is 0 Å². The summed E-state index contributed by atoms with van der Waals surface area (Å²) >= 11 is 0. The third-order valence-corrected chi connectivity index (χ3v) is 5.72. The predicted octanol–water partition coefficient (Wildman–Crippen LogP) is 4.92.